The lowest BCUT2D eigenvalue weighted by Gasteiger charge is -2.33. The summed E-state index contributed by atoms with van der Waals surface area (Å²) in [5.41, 5.74) is 1.94. The van der Waals surface area contributed by atoms with Gasteiger partial charge in [-0.25, -0.2) is 8.42 Å². The number of sulfonamides is 1. The normalized spacial score (nSPS) is 11.9. The van der Waals surface area contributed by atoms with Crippen molar-refractivity contribution in [1.29, 1.82) is 0 Å². The molecule has 0 unspecified atom stereocenters. The van der Waals surface area contributed by atoms with Gasteiger partial charge in [0.15, 0.2) is 0 Å². The highest BCUT2D eigenvalue weighted by Crippen LogP contribution is 2.29. The van der Waals surface area contributed by atoms with Crippen molar-refractivity contribution in [1.82, 2.24) is 10.2 Å². The van der Waals surface area contributed by atoms with Gasteiger partial charge in [-0.15, -0.1) is 0 Å². The molecule has 10 heteroatoms. The second-order valence-corrected chi connectivity index (χ2v) is 13.1. The molecule has 4 aromatic rings. The maximum absolute atomic E-state index is 14.3. The van der Waals surface area contributed by atoms with E-state index in [1.165, 1.54) is 17.0 Å². The molecule has 0 aromatic heterocycles. The predicted molar refractivity (Wildman–Crippen MR) is 180 cm³/mol. The molecule has 0 bridgehead atoms. The second kappa shape index (κ2) is 15.4. The monoisotopic (exact) mass is 643 g/mol. The van der Waals surface area contributed by atoms with Crippen molar-refractivity contribution in [3.63, 3.8) is 0 Å². The maximum Gasteiger partial charge on any atom is 0.264 e. The summed E-state index contributed by atoms with van der Waals surface area (Å²) in [4.78, 5) is 29.1. The molecule has 46 heavy (non-hydrogen) atoms. The van der Waals surface area contributed by atoms with Gasteiger partial charge < -0.3 is 19.7 Å². The van der Waals surface area contributed by atoms with Crippen LogP contribution in [0.4, 0.5) is 5.69 Å². The number of anilines is 1. The fourth-order valence-corrected chi connectivity index (χ4v) is 6.31. The van der Waals surface area contributed by atoms with Gasteiger partial charge in [-0.3, -0.25) is 13.9 Å². The molecule has 1 atom stereocenters. The summed E-state index contributed by atoms with van der Waals surface area (Å²) < 4.78 is 40.6. The van der Waals surface area contributed by atoms with Gasteiger partial charge >= 0.3 is 0 Å². The number of methoxy groups -OCH3 is 1. The van der Waals surface area contributed by atoms with Crippen LogP contribution in [0.2, 0.25) is 0 Å². The lowest BCUT2D eigenvalue weighted by Crippen LogP contribution is -2.53. The Morgan fingerprint density at radius 2 is 1.39 bits per heavy atom. The van der Waals surface area contributed by atoms with Crippen LogP contribution in [0.15, 0.2) is 108 Å². The lowest BCUT2D eigenvalue weighted by atomic mass is 10.1. The Labute approximate surface area is 271 Å². The highest BCUT2D eigenvalue weighted by molar-refractivity contribution is 7.92. The van der Waals surface area contributed by atoms with E-state index in [1.807, 2.05) is 70.2 Å². The molecule has 0 aliphatic heterocycles. The fraction of sp³-hybridized carbons (Fsp3) is 0.278. The van der Waals surface area contributed by atoms with E-state index in [9.17, 15) is 18.0 Å². The maximum atomic E-state index is 14.3. The first-order valence-corrected chi connectivity index (χ1v) is 16.6. The average molecular weight is 644 g/mol. The van der Waals surface area contributed by atoms with Crippen molar-refractivity contribution in [2.75, 3.05) is 18.0 Å². The van der Waals surface area contributed by atoms with Crippen LogP contribution in [0.3, 0.4) is 0 Å². The number of carbonyl (C=O) groups excluding carboxylic acids is 2. The van der Waals surface area contributed by atoms with Crippen LogP contribution in [-0.2, 0) is 26.2 Å². The minimum absolute atomic E-state index is 0.0433. The van der Waals surface area contributed by atoms with Gasteiger partial charge in [-0.1, -0.05) is 55.0 Å². The number of nitrogens with one attached hydrogen (secondary N) is 1. The van der Waals surface area contributed by atoms with Crippen molar-refractivity contribution in [2.45, 2.75) is 57.6 Å². The van der Waals surface area contributed by atoms with Crippen LogP contribution in [0.25, 0.3) is 0 Å². The standard InChI is InChI=1S/C36H41N3O6S/c1-6-34(36(41)37-26(2)3)38(24-28-14-18-30(44-5)19-15-28)35(40)25-39(46(42,43)33-22-12-27(4)13-23-33)29-16-20-32(21-17-29)45-31-10-8-7-9-11-31/h7-23,26,34H,6,24-25H2,1-5H3,(H,37,41)/t34-/m0/s1. The Kier molecular flexibility index (Phi) is 11.4. The molecule has 0 aliphatic rings. The molecule has 242 valence electrons. The van der Waals surface area contributed by atoms with E-state index in [1.54, 1.807) is 55.6 Å². The summed E-state index contributed by atoms with van der Waals surface area (Å²) in [5.74, 6) is 0.957. The Morgan fingerprint density at radius 1 is 0.804 bits per heavy atom. The minimum Gasteiger partial charge on any atom is -0.497 e. The van der Waals surface area contributed by atoms with E-state index in [4.69, 9.17) is 9.47 Å². The van der Waals surface area contributed by atoms with Gasteiger partial charge in [-0.05, 0) is 93.4 Å². The summed E-state index contributed by atoms with van der Waals surface area (Å²) in [6.07, 6.45) is 0.330. The lowest BCUT2D eigenvalue weighted by molar-refractivity contribution is -0.140. The van der Waals surface area contributed by atoms with Crippen molar-refractivity contribution < 1.29 is 27.5 Å². The number of para-hydroxylation sites is 1. The largest absolute Gasteiger partial charge is 0.497 e. The summed E-state index contributed by atoms with van der Waals surface area (Å²) in [6, 6.07) is 28.4. The zero-order valence-electron chi connectivity index (χ0n) is 26.8. The zero-order valence-corrected chi connectivity index (χ0v) is 27.7. The van der Waals surface area contributed by atoms with Crippen molar-refractivity contribution in [2.24, 2.45) is 0 Å². The van der Waals surface area contributed by atoms with Gasteiger partial charge in [0.1, 0.15) is 29.8 Å². The third-order valence-electron chi connectivity index (χ3n) is 7.32. The van der Waals surface area contributed by atoms with E-state index in [-0.39, 0.29) is 29.1 Å². The number of rotatable bonds is 14. The number of ether oxygens (including phenoxy) is 2. The predicted octanol–water partition coefficient (Wildman–Crippen LogP) is 6.32. The Morgan fingerprint density at radius 3 is 1.96 bits per heavy atom. The number of amides is 2. The van der Waals surface area contributed by atoms with Crippen LogP contribution in [0, 0.1) is 6.92 Å². The van der Waals surface area contributed by atoms with E-state index in [0.29, 0.717) is 23.7 Å². The Balaban J connectivity index is 1.72. The van der Waals surface area contributed by atoms with Crippen LogP contribution in [0.5, 0.6) is 17.2 Å². The summed E-state index contributed by atoms with van der Waals surface area (Å²) in [6.45, 7) is 6.95. The van der Waals surface area contributed by atoms with Gasteiger partial charge in [0.25, 0.3) is 10.0 Å². The number of nitrogens with zero attached hydrogens (tertiary/aromatic N) is 2. The summed E-state index contributed by atoms with van der Waals surface area (Å²) in [5, 5.41) is 2.91. The van der Waals surface area contributed by atoms with Crippen LogP contribution in [0.1, 0.15) is 38.3 Å². The molecule has 0 fully saturated rings. The van der Waals surface area contributed by atoms with Gasteiger partial charge in [0.05, 0.1) is 17.7 Å². The molecular formula is C36H41N3O6S. The summed E-state index contributed by atoms with van der Waals surface area (Å²) >= 11 is 0. The number of carbonyl (C=O) groups is 2. The van der Waals surface area contributed by atoms with E-state index < -0.39 is 28.5 Å². The van der Waals surface area contributed by atoms with Crippen molar-refractivity contribution >= 4 is 27.5 Å². The smallest absolute Gasteiger partial charge is 0.264 e. The highest BCUT2D eigenvalue weighted by Gasteiger charge is 2.34. The number of aryl methyl sites for hydroxylation is 1. The second-order valence-electron chi connectivity index (χ2n) is 11.2. The Bertz CT molecular complexity index is 1690. The fourth-order valence-electron chi connectivity index (χ4n) is 4.90. The third-order valence-corrected chi connectivity index (χ3v) is 9.11. The van der Waals surface area contributed by atoms with E-state index in [0.717, 1.165) is 15.4 Å². The molecule has 1 N–H and O–H groups in total. The molecule has 0 aliphatic carbocycles. The number of hydrogen-bond donors (Lipinski definition) is 1. The molecule has 4 aromatic carbocycles. The molecule has 4 rings (SSSR count). The quantitative estimate of drug-likeness (QED) is 0.172. The van der Waals surface area contributed by atoms with Crippen molar-refractivity contribution in [3.05, 3.63) is 114 Å². The van der Waals surface area contributed by atoms with Gasteiger partial charge in [0, 0.05) is 12.6 Å². The van der Waals surface area contributed by atoms with Crippen LogP contribution < -0.4 is 19.1 Å². The van der Waals surface area contributed by atoms with Gasteiger partial charge in [-0.2, -0.15) is 0 Å². The molecule has 2 amide bonds. The molecule has 9 nitrogen and oxygen atoms in total. The van der Waals surface area contributed by atoms with Crippen LogP contribution >= 0.6 is 0 Å². The highest BCUT2D eigenvalue weighted by atomic mass is 32.2. The number of benzene rings is 4. The van der Waals surface area contributed by atoms with Crippen LogP contribution in [-0.4, -0.2) is 50.9 Å². The minimum atomic E-state index is -4.20. The Hall–Kier alpha value is -4.83. The molecule has 0 saturated heterocycles. The first-order chi connectivity index (χ1) is 22.0. The van der Waals surface area contributed by atoms with E-state index in [2.05, 4.69) is 5.32 Å². The van der Waals surface area contributed by atoms with E-state index >= 15 is 0 Å². The number of hydrogen-bond acceptors (Lipinski definition) is 6. The molecule has 0 heterocycles. The molecule has 0 saturated carbocycles. The summed E-state index contributed by atoms with van der Waals surface area (Å²) in [7, 11) is -2.63. The first kappa shape index (κ1) is 34.1. The van der Waals surface area contributed by atoms with Crippen molar-refractivity contribution in [3.8, 4) is 17.2 Å². The molecule has 0 spiro atoms. The molecular weight excluding hydrogens is 602 g/mol. The first-order valence-electron chi connectivity index (χ1n) is 15.2. The topological polar surface area (TPSA) is 105 Å². The average Bonchev–Trinajstić information content (AvgIpc) is 3.04. The SMILES string of the molecule is CC[C@@H](C(=O)NC(C)C)N(Cc1ccc(OC)cc1)C(=O)CN(c1ccc(Oc2ccccc2)cc1)S(=O)(=O)c1ccc(C)cc1. The third kappa shape index (κ3) is 8.66. The zero-order chi connectivity index (χ0) is 33.3. The molecule has 0 radical (unpaired) electrons. The van der Waals surface area contributed by atoms with Gasteiger partial charge in [0.2, 0.25) is 11.8 Å².